The minimum absolute atomic E-state index is 0.0675. The largest absolute Gasteiger partial charge is 0.349 e. The Morgan fingerprint density at radius 2 is 2.00 bits per heavy atom. The lowest BCUT2D eigenvalue weighted by atomic mass is 10.1. The van der Waals surface area contributed by atoms with E-state index in [1.54, 1.807) is 12.1 Å². The zero-order chi connectivity index (χ0) is 18.5. The number of halogens is 1. The Morgan fingerprint density at radius 1 is 1.23 bits per heavy atom. The average Bonchev–Trinajstić information content (AvgIpc) is 3.01. The first-order chi connectivity index (χ1) is 12.5. The number of carbonyl (C=O) groups excluding carboxylic acids is 1. The van der Waals surface area contributed by atoms with E-state index in [0.29, 0.717) is 16.0 Å². The third-order valence-corrected chi connectivity index (χ3v) is 4.93. The highest BCUT2D eigenvalue weighted by Crippen LogP contribution is 2.23. The van der Waals surface area contributed by atoms with Crippen molar-refractivity contribution in [3.8, 4) is 11.4 Å². The van der Waals surface area contributed by atoms with Crippen molar-refractivity contribution < 1.29 is 4.79 Å². The number of nitrogens with one attached hydrogen (secondary N) is 1. The van der Waals surface area contributed by atoms with Crippen molar-refractivity contribution in [3.63, 3.8) is 0 Å². The molecule has 0 radical (unpaired) electrons. The van der Waals surface area contributed by atoms with Gasteiger partial charge in [0.1, 0.15) is 0 Å². The maximum Gasteiger partial charge on any atom is 0.230 e. The van der Waals surface area contributed by atoms with E-state index in [2.05, 4.69) is 15.5 Å². The normalized spacial score (nSPS) is 11.9. The maximum atomic E-state index is 12.2. The number of nitrogen functional groups attached to an aromatic ring is 1. The third-order valence-electron chi connectivity index (χ3n) is 3.76. The summed E-state index contributed by atoms with van der Waals surface area (Å²) in [6.45, 7) is 1.95. The fourth-order valence-corrected chi connectivity index (χ4v) is 3.30. The Labute approximate surface area is 160 Å². The second-order valence-corrected chi connectivity index (χ2v) is 7.05. The highest BCUT2D eigenvalue weighted by Gasteiger charge is 2.15. The molecule has 0 saturated carbocycles. The lowest BCUT2D eigenvalue weighted by molar-refractivity contribution is -0.119. The Balaban J connectivity index is 1.61. The van der Waals surface area contributed by atoms with Gasteiger partial charge in [-0.3, -0.25) is 4.79 Å². The Bertz CT molecular complexity index is 900. The van der Waals surface area contributed by atoms with E-state index >= 15 is 0 Å². The van der Waals surface area contributed by atoms with E-state index in [-0.39, 0.29) is 17.7 Å². The standard InChI is InChI=1S/C18H18ClN5OS/c1-12(13-6-3-2-4-7-13)21-16(25)11-26-18-23-22-17(24(18)20)14-8-5-9-15(19)10-14/h2-10,12H,11,20H2,1H3,(H,21,25). The molecular formula is C18H18ClN5OS. The van der Waals surface area contributed by atoms with Crippen LogP contribution in [0.2, 0.25) is 5.02 Å². The zero-order valence-corrected chi connectivity index (χ0v) is 15.7. The van der Waals surface area contributed by atoms with Crippen molar-refractivity contribution in [1.82, 2.24) is 20.2 Å². The number of carbonyl (C=O) groups is 1. The molecule has 2 aromatic carbocycles. The highest BCUT2D eigenvalue weighted by atomic mass is 35.5. The second kappa shape index (κ2) is 8.25. The van der Waals surface area contributed by atoms with Crippen LogP contribution in [0.5, 0.6) is 0 Å². The highest BCUT2D eigenvalue weighted by molar-refractivity contribution is 7.99. The van der Waals surface area contributed by atoms with Gasteiger partial charge in [0.2, 0.25) is 11.1 Å². The Hall–Kier alpha value is -2.51. The maximum absolute atomic E-state index is 12.2. The molecule has 6 nitrogen and oxygen atoms in total. The quantitative estimate of drug-likeness (QED) is 0.500. The predicted octanol–water partition coefficient (Wildman–Crippen LogP) is 3.28. The smallest absolute Gasteiger partial charge is 0.230 e. The van der Waals surface area contributed by atoms with Crippen LogP contribution in [0.15, 0.2) is 59.8 Å². The van der Waals surface area contributed by atoms with E-state index in [0.717, 1.165) is 11.1 Å². The summed E-state index contributed by atoms with van der Waals surface area (Å²) >= 11 is 7.23. The van der Waals surface area contributed by atoms with Gasteiger partial charge in [-0.25, -0.2) is 4.68 Å². The number of rotatable bonds is 6. The lowest BCUT2D eigenvalue weighted by Gasteiger charge is -2.13. The van der Waals surface area contributed by atoms with Crippen molar-refractivity contribution in [2.45, 2.75) is 18.1 Å². The topological polar surface area (TPSA) is 85.8 Å². The first-order valence-electron chi connectivity index (χ1n) is 7.98. The summed E-state index contributed by atoms with van der Waals surface area (Å²) in [7, 11) is 0. The molecule has 0 fully saturated rings. The number of hydrogen-bond acceptors (Lipinski definition) is 5. The molecule has 0 saturated heterocycles. The molecule has 3 N–H and O–H groups in total. The SMILES string of the molecule is CC(NC(=O)CSc1nnc(-c2cccc(Cl)c2)n1N)c1ccccc1. The summed E-state index contributed by atoms with van der Waals surface area (Å²) in [5, 5.41) is 12.2. The van der Waals surface area contributed by atoms with Crippen LogP contribution >= 0.6 is 23.4 Å². The molecule has 1 heterocycles. The van der Waals surface area contributed by atoms with Crippen LogP contribution in [-0.2, 0) is 4.79 Å². The van der Waals surface area contributed by atoms with E-state index in [9.17, 15) is 4.79 Å². The number of nitrogens with zero attached hydrogens (tertiary/aromatic N) is 3. The monoisotopic (exact) mass is 387 g/mol. The van der Waals surface area contributed by atoms with Gasteiger partial charge in [0, 0.05) is 10.6 Å². The van der Waals surface area contributed by atoms with Crippen molar-refractivity contribution in [2.24, 2.45) is 0 Å². The van der Waals surface area contributed by atoms with Gasteiger partial charge in [0.05, 0.1) is 11.8 Å². The molecule has 1 atom stereocenters. The molecule has 0 spiro atoms. The van der Waals surface area contributed by atoms with E-state index in [4.69, 9.17) is 17.4 Å². The summed E-state index contributed by atoms with van der Waals surface area (Å²) in [4.78, 5) is 12.2. The van der Waals surface area contributed by atoms with Crippen molar-refractivity contribution in [3.05, 3.63) is 65.2 Å². The number of aromatic nitrogens is 3. The number of hydrogen-bond donors (Lipinski definition) is 2. The fourth-order valence-electron chi connectivity index (χ4n) is 2.44. The number of amides is 1. The van der Waals surface area contributed by atoms with Crippen LogP contribution in [0, 0.1) is 0 Å². The molecule has 26 heavy (non-hydrogen) atoms. The second-order valence-electron chi connectivity index (χ2n) is 5.68. The van der Waals surface area contributed by atoms with Crippen LogP contribution in [0.1, 0.15) is 18.5 Å². The van der Waals surface area contributed by atoms with Gasteiger partial charge in [-0.15, -0.1) is 10.2 Å². The zero-order valence-electron chi connectivity index (χ0n) is 14.1. The summed E-state index contributed by atoms with van der Waals surface area (Å²) in [6, 6.07) is 16.9. The molecular weight excluding hydrogens is 370 g/mol. The first kappa shape index (κ1) is 18.3. The summed E-state index contributed by atoms with van der Waals surface area (Å²) < 4.78 is 1.37. The van der Waals surface area contributed by atoms with Crippen molar-refractivity contribution in [1.29, 1.82) is 0 Å². The summed E-state index contributed by atoms with van der Waals surface area (Å²) in [5.41, 5.74) is 1.82. The van der Waals surface area contributed by atoms with Crippen molar-refractivity contribution >= 4 is 29.3 Å². The molecule has 8 heteroatoms. The molecule has 0 aliphatic heterocycles. The van der Waals surface area contributed by atoms with Crippen LogP contribution in [0.25, 0.3) is 11.4 Å². The van der Waals surface area contributed by atoms with Crippen molar-refractivity contribution in [2.75, 3.05) is 11.6 Å². The minimum atomic E-state index is -0.0985. The minimum Gasteiger partial charge on any atom is -0.349 e. The summed E-state index contributed by atoms with van der Waals surface area (Å²) in [6.07, 6.45) is 0. The van der Waals surface area contributed by atoms with Crippen LogP contribution in [0.4, 0.5) is 0 Å². The van der Waals surface area contributed by atoms with E-state index < -0.39 is 0 Å². The number of nitrogens with two attached hydrogens (primary N) is 1. The van der Waals surface area contributed by atoms with Gasteiger partial charge >= 0.3 is 0 Å². The molecule has 1 aromatic heterocycles. The molecule has 3 aromatic rings. The number of thioether (sulfide) groups is 1. The molecule has 0 aliphatic carbocycles. The fraction of sp³-hybridized carbons (Fsp3) is 0.167. The van der Waals surface area contributed by atoms with Gasteiger partial charge < -0.3 is 11.2 Å². The summed E-state index contributed by atoms with van der Waals surface area (Å²) in [5.74, 6) is 6.65. The van der Waals surface area contributed by atoms with Gasteiger partial charge in [-0.2, -0.15) is 0 Å². The Kier molecular flexibility index (Phi) is 5.80. The molecule has 1 amide bonds. The first-order valence-corrected chi connectivity index (χ1v) is 9.34. The average molecular weight is 388 g/mol. The van der Waals surface area contributed by atoms with Crippen LogP contribution < -0.4 is 11.2 Å². The predicted molar refractivity (Wildman–Crippen MR) is 104 cm³/mol. The molecule has 0 aliphatic rings. The molecule has 0 bridgehead atoms. The number of benzene rings is 2. The van der Waals surface area contributed by atoms with Crippen LogP contribution in [-0.4, -0.2) is 26.5 Å². The van der Waals surface area contributed by atoms with Gasteiger partial charge in [0.15, 0.2) is 5.82 Å². The Morgan fingerprint density at radius 3 is 2.73 bits per heavy atom. The molecule has 3 rings (SSSR count). The lowest BCUT2D eigenvalue weighted by Crippen LogP contribution is -2.28. The van der Waals surface area contributed by atoms with E-state index in [1.165, 1.54) is 16.4 Å². The molecule has 1 unspecified atom stereocenters. The molecule has 134 valence electrons. The van der Waals surface area contributed by atoms with Crippen LogP contribution in [0.3, 0.4) is 0 Å². The third kappa shape index (κ3) is 4.36. The van der Waals surface area contributed by atoms with Gasteiger partial charge in [0.25, 0.3) is 0 Å². The van der Waals surface area contributed by atoms with Gasteiger partial charge in [-0.1, -0.05) is 65.8 Å². The van der Waals surface area contributed by atoms with E-state index in [1.807, 2.05) is 49.4 Å². The van der Waals surface area contributed by atoms with Gasteiger partial charge in [-0.05, 0) is 24.6 Å².